The molecule has 32 nitrogen and oxygen atoms in total. The van der Waals surface area contributed by atoms with Gasteiger partial charge in [-0.15, -0.1) is 0 Å². The minimum atomic E-state index is -1.40. The number of rotatable bonds is 30. The fourth-order valence-corrected chi connectivity index (χ4v) is 4.45. The van der Waals surface area contributed by atoms with Crippen LogP contribution in [0.2, 0.25) is 0 Å². The van der Waals surface area contributed by atoms with Crippen molar-refractivity contribution in [3.8, 4) is 0 Å². The molecule has 4 atom stereocenters. The number of carboxylic acid groups (broad SMARTS) is 2. The minimum absolute atomic E-state index is 0. The molecule has 0 aliphatic heterocycles. The van der Waals surface area contributed by atoms with Gasteiger partial charge in [-0.2, -0.15) is 0 Å². The molecular weight excluding hydrogens is 1130 g/mol. The third-order valence-electron chi connectivity index (χ3n) is 7.34. The first-order valence-corrected chi connectivity index (χ1v) is 24.1. The van der Waals surface area contributed by atoms with E-state index in [1.54, 1.807) is 0 Å². The molecule has 0 aliphatic carbocycles. The van der Waals surface area contributed by atoms with Gasteiger partial charge in [0.1, 0.15) is 24.2 Å². The van der Waals surface area contributed by atoms with Crippen LogP contribution in [0.3, 0.4) is 0 Å². The Labute approximate surface area is 399 Å². The number of guanidine groups is 2. The Morgan fingerprint density at radius 2 is 0.761 bits per heavy atom. The molecule has 35 heteroatoms. The number of hydrogen-bond acceptors (Lipinski definition) is 14. The molecule has 0 radical (unpaired) electrons. The molecule has 0 aromatic carbocycles. The number of nitrogens with two attached hydrogens (primary N) is 10. The van der Waals surface area contributed by atoms with Gasteiger partial charge < -0.3 is 100 Å². The van der Waals surface area contributed by atoms with Crippen molar-refractivity contribution in [1.82, 2.24) is 31.9 Å². The van der Waals surface area contributed by atoms with E-state index in [4.69, 9.17) is 74.9 Å². The zero-order valence-electron chi connectivity index (χ0n) is 35.7. The second-order valence-corrected chi connectivity index (χ2v) is 16.1. The van der Waals surface area contributed by atoms with E-state index in [1.165, 1.54) is 0 Å². The van der Waals surface area contributed by atoms with E-state index in [0.29, 0.717) is 12.8 Å². The van der Waals surface area contributed by atoms with Gasteiger partial charge in [0, 0.05) is 25.9 Å². The van der Waals surface area contributed by atoms with Crippen LogP contribution < -0.4 is 77.8 Å². The first kappa shape index (κ1) is 69.4. The molecule has 0 fully saturated rings. The van der Waals surface area contributed by atoms with E-state index in [0.717, 1.165) is 0 Å². The van der Waals surface area contributed by atoms with Crippen molar-refractivity contribution >= 4 is 102 Å². The van der Waals surface area contributed by atoms with Crippen molar-refractivity contribution in [3.63, 3.8) is 0 Å². The molecule has 4 unspecified atom stereocenters. The van der Waals surface area contributed by atoms with Gasteiger partial charge in [-0.3, -0.25) is 67.5 Å². The van der Waals surface area contributed by atoms with Crippen LogP contribution in [-0.2, 0) is 74.0 Å². The van der Waals surface area contributed by atoms with Gasteiger partial charge in [-0.1, -0.05) is 0 Å². The second-order valence-electron chi connectivity index (χ2n) is 12.8. The smallest absolute Gasteiger partial charge is 0.693 e. The van der Waals surface area contributed by atoms with Crippen LogP contribution in [0, 0.1) is 0 Å². The summed E-state index contributed by atoms with van der Waals surface area (Å²) in [5.74, 6) is -11.0. The number of halogens is 2. The van der Waals surface area contributed by atoms with Crippen LogP contribution in [0.4, 0.5) is 0 Å². The third kappa shape index (κ3) is 43.1. The molecule has 0 saturated heterocycles. The standard InChI is InChI=1S/2C16H28N8O7.2ClH.2H2N.Pt/c2*17-10(25)6-9(24-11(26)3-4-13(28)29)15(31)22-7-12(27)23-8(14(18)30)2-1-5-21-16(19)20;;;;;/h2*8-9H,1-7H2,(H2,17,25)(H2,18,30)(H,22,31)(H,23,27)(H,24,26)(H,28,29)(H4,19,20,21);2*1H;2*1H2;/q;;;;2*-1;+4/p-2. The average molecular weight is 1190 g/mol. The first-order valence-electron chi connectivity index (χ1n) is 18.5. The van der Waals surface area contributed by atoms with Gasteiger partial charge in [0.25, 0.3) is 0 Å². The summed E-state index contributed by atoms with van der Waals surface area (Å²) in [5.41, 5.74) is 41.2. The maximum atomic E-state index is 12.2. The predicted octanol–water partition coefficient (Wildman–Crippen LogP) is -6.49. The van der Waals surface area contributed by atoms with Crippen LogP contribution in [0.5, 0.6) is 0 Å². The summed E-state index contributed by atoms with van der Waals surface area (Å²) < 4.78 is 0. The Kier molecular flexibility index (Phi) is 42.3. The summed E-state index contributed by atoms with van der Waals surface area (Å²) in [6, 6.07) is -4.87. The molecule has 0 heterocycles. The van der Waals surface area contributed by atoms with Crippen molar-refractivity contribution < 1.29 is 84.2 Å². The number of carbonyl (C=O) groups excluding carboxylic acids is 10. The molecule has 0 spiro atoms. The zero-order chi connectivity index (χ0) is 50.7. The minimum Gasteiger partial charge on any atom is -0.693 e. The van der Waals surface area contributed by atoms with Crippen LogP contribution in [0.1, 0.15) is 64.2 Å². The summed E-state index contributed by atoms with van der Waals surface area (Å²) in [7, 11) is 9.75. The number of aliphatic imine (C=N–C) groups is 2. The van der Waals surface area contributed by atoms with Gasteiger partial charge >= 0.3 is 47.3 Å². The molecule has 0 saturated carbocycles. The SMILES string of the molecule is NC(=O)CC(NC(=O)CCC(=O)O)C(=O)NCC(=O)NC(CCCN=C(N)N)C(N)=O.NC(=O)CC(NC(=O)CCC(=O)O)C(=O)NCC(=O)NC(CCCN=C(N)N)C(N)=O.[Cl][Pt+2][Cl].[NH2-].[NH2-]. The number of aliphatic carboxylic acids is 2. The van der Waals surface area contributed by atoms with Gasteiger partial charge in [-0.05, 0) is 25.7 Å². The van der Waals surface area contributed by atoms with Gasteiger partial charge in [-0.25, -0.2) is 0 Å². The molecule has 386 valence electrons. The Bertz CT molecular complexity index is 1600. The monoisotopic (exact) mass is 1190 g/mol. The number of carbonyl (C=O) groups is 12. The fourth-order valence-electron chi connectivity index (χ4n) is 4.45. The summed E-state index contributed by atoms with van der Waals surface area (Å²) in [4.78, 5) is 145. The van der Waals surface area contributed by atoms with Gasteiger partial charge in [0.05, 0.1) is 38.8 Å². The third-order valence-corrected chi connectivity index (χ3v) is 7.34. The summed E-state index contributed by atoms with van der Waals surface area (Å²) in [5, 5.41) is 30.5. The quantitative estimate of drug-likeness (QED) is 0.0181. The maximum absolute atomic E-state index is 12.2. The molecule has 28 N–H and O–H groups in total. The normalized spacial score (nSPS) is 11.4. The Morgan fingerprint density at radius 1 is 0.478 bits per heavy atom. The molecule has 0 aromatic rings. The van der Waals surface area contributed by atoms with E-state index < -0.39 is 163 Å². The molecule has 10 amide bonds. The molecule has 0 aliphatic rings. The van der Waals surface area contributed by atoms with Gasteiger partial charge in [0.15, 0.2) is 11.9 Å². The van der Waals surface area contributed by atoms with Crippen molar-refractivity contribution in [2.45, 2.75) is 88.4 Å². The average Bonchev–Trinajstić information content (AvgIpc) is 3.19. The number of amides is 10. The largest absolute Gasteiger partial charge is 0.693 e. The van der Waals surface area contributed by atoms with Crippen molar-refractivity contribution in [2.75, 3.05) is 26.2 Å². The van der Waals surface area contributed by atoms with Gasteiger partial charge in [0.2, 0.25) is 59.1 Å². The number of primary amides is 4. The van der Waals surface area contributed by atoms with Crippen molar-refractivity contribution in [2.24, 2.45) is 55.9 Å². The number of carboxylic acids is 2. The summed E-state index contributed by atoms with van der Waals surface area (Å²) in [6.07, 6.45) is -1.93. The second kappa shape index (κ2) is 40.8. The first-order chi connectivity index (χ1) is 30.2. The molecule has 0 aromatic heterocycles. The zero-order valence-corrected chi connectivity index (χ0v) is 39.5. The van der Waals surface area contributed by atoms with Crippen LogP contribution in [-0.4, -0.2) is 143 Å². The van der Waals surface area contributed by atoms with E-state index in [9.17, 15) is 57.5 Å². The Hall–Kier alpha value is -6.63. The van der Waals surface area contributed by atoms with Crippen LogP contribution in [0.25, 0.3) is 12.3 Å². The number of nitrogens with one attached hydrogen (secondary N) is 6. The maximum Gasteiger partial charge on any atom is -0.693 e. The predicted molar refractivity (Wildman–Crippen MR) is 236 cm³/mol. The van der Waals surface area contributed by atoms with E-state index >= 15 is 0 Å². The van der Waals surface area contributed by atoms with Crippen LogP contribution >= 0.6 is 18.8 Å². The van der Waals surface area contributed by atoms with E-state index in [-0.39, 0.29) is 50.2 Å². The van der Waals surface area contributed by atoms with Crippen LogP contribution in [0.15, 0.2) is 9.98 Å². The topological polar surface area (TPSA) is 617 Å². The number of nitrogens with zero attached hydrogens (tertiary/aromatic N) is 2. The Morgan fingerprint density at radius 3 is 1.00 bits per heavy atom. The molecule has 67 heavy (non-hydrogen) atoms. The van der Waals surface area contributed by atoms with Crippen molar-refractivity contribution in [1.29, 1.82) is 0 Å². The molecule has 0 rings (SSSR count). The van der Waals surface area contributed by atoms with E-state index in [2.05, 4.69) is 41.9 Å². The van der Waals surface area contributed by atoms with Crippen molar-refractivity contribution in [3.05, 3.63) is 12.3 Å². The number of hydrogen-bond donors (Lipinski definition) is 16. The summed E-state index contributed by atoms with van der Waals surface area (Å²) >= 11 is -0.472. The fraction of sp³-hybridized carbons (Fsp3) is 0.562. The summed E-state index contributed by atoms with van der Waals surface area (Å²) in [6.45, 7) is -0.738. The molecular formula is C32H60Cl2N18O14Pt. The molecule has 0 bridgehead atoms. The van der Waals surface area contributed by atoms with E-state index in [1.807, 2.05) is 0 Å². The Balaban J connectivity index is -0.000000351.